The van der Waals surface area contributed by atoms with E-state index < -0.39 is 17.2 Å². The summed E-state index contributed by atoms with van der Waals surface area (Å²) < 4.78 is 2.52. The number of thiophene rings is 1. The highest BCUT2D eigenvalue weighted by Crippen LogP contribution is 2.23. The fourth-order valence-electron chi connectivity index (χ4n) is 3.88. The molecule has 0 spiro atoms. The van der Waals surface area contributed by atoms with Gasteiger partial charge in [0.15, 0.2) is 0 Å². The van der Waals surface area contributed by atoms with Crippen LogP contribution in [0.15, 0.2) is 39.2 Å². The molecule has 1 aromatic carbocycles. The van der Waals surface area contributed by atoms with Gasteiger partial charge in [0, 0.05) is 23.8 Å². The van der Waals surface area contributed by atoms with Crippen LogP contribution in [0.1, 0.15) is 24.8 Å². The second kappa shape index (κ2) is 9.30. The third-order valence-electron chi connectivity index (χ3n) is 5.68. The predicted octanol–water partition coefficient (Wildman–Crippen LogP) is 2.84. The number of aromatic nitrogens is 2. The molecule has 168 valence electrons. The molecule has 8 nitrogen and oxygen atoms in total. The first-order valence-corrected chi connectivity index (χ1v) is 11.7. The van der Waals surface area contributed by atoms with Crippen molar-refractivity contribution in [3.63, 3.8) is 0 Å². The Labute approximate surface area is 193 Å². The van der Waals surface area contributed by atoms with Crippen LogP contribution in [0, 0.1) is 6.92 Å². The van der Waals surface area contributed by atoms with Gasteiger partial charge < -0.3 is 10.2 Å². The molecule has 4 rings (SSSR count). The van der Waals surface area contributed by atoms with E-state index in [0.29, 0.717) is 39.6 Å². The van der Waals surface area contributed by atoms with Crippen LogP contribution in [-0.4, -0.2) is 38.9 Å². The summed E-state index contributed by atoms with van der Waals surface area (Å²) in [4.78, 5) is 53.3. The molecule has 1 aliphatic rings. The second-order valence-corrected chi connectivity index (χ2v) is 9.12. The molecule has 0 atom stereocenters. The summed E-state index contributed by atoms with van der Waals surface area (Å²) in [6, 6.07) is 6.81. The Kier molecular flexibility index (Phi) is 6.48. The maximum Gasteiger partial charge on any atom is 0.332 e. The number of hydrogen-bond donors (Lipinski definition) is 1. The minimum Gasteiger partial charge on any atom is -0.341 e. The van der Waals surface area contributed by atoms with E-state index in [4.69, 9.17) is 11.6 Å². The first-order chi connectivity index (χ1) is 15.4. The standard InChI is InChI=1S/C22H23ClN4O4S/c1-14-15(23)6-5-7-16(14)24-18(28)12-26-17-8-11-32-20(17)21(30)27(22(26)31)13-19(29)25-9-3-2-4-10-25/h5-8,11H,2-4,9-10,12-13H2,1H3,(H,24,28). The molecule has 10 heteroatoms. The van der Waals surface area contributed by atoms with Crippen LogP contribution in [0.2, 0.25) is 5.02 Å². The Bertz CT molecular complexity index is 1300. The molecule has 0 bridgehead atoms. The van der Waals surface area contributed by atoms with Crippen molar-refractivity contribution in [3.05, 3.63) is 61.1 Å². The molecular formula is C22H23ClN4O4S. The van der Waals surface area contributed by atoms with Crippen LogP contribution in [0.3, 0.4) is 0 Å². The number of carbonyl (C=O) groups excluding carboxylic acids is 2. The number of benzene rings is 1. The molecule has 3 aromatic rings. The average molecular weight is 475 g/mol. The largest absolute Gasteiger partial charge is 0.341 e. The lowest BCUT2D eigenvalue weighted by molar-refractivity contribution is -0.132. The number of hydrogen-bond acceptors (Lipinski definition) is 5. The van der Waals surface area contributed by atoms with Gasteiger partial charge in [-0.1, -0.05) is 17.7 Å². The monoisotopic (exact) mass is 474 g/mol. The van der Waals surface area contributed by atoms with Crippen LogP contribution in [0.25, 0.3) is 10.2 Å². The number of anilines is 1. The summed E-state index contributed by atoms with van der Waals surface area (Å²) in [5.41, 5.74) is 0.458. The van der Waals surface area contributed by atoms with Crippen LogP contribution >= 0.6 is 22.9 Å². The molecule has 3 heterocycles. The van der Waals surface area contributed by atoms with E-state index in [1.54, 1.807) is 41.5 Å². The van der Waals surface area contributed by atoms with E-state index >= 15 is 0 Å². The van der Waals surface area contributed by atoms with E-state index in [1.807, 2.05) is 0 Å². The molecule has 0 aliphatic carbocycles. The van der Waals surface area contributed by atoms with Gasteiger partial charge in [-0.2, -0.15) is 0 Å². The third-order valence-corrected chi connectivity index (χ3v) is 6.98. The van der Waals surface area contributed by atoms with Crippen LogP contribution in [-0.2, 0) is 22.7 Å². The van der Waals surface area contributed by atoms with Gasteiger partial charge in [0.25, 0.3) is 5.56 Å². The number of piperidine rings is 1. The molecule has 2 amide bonds. The first kappa shape index (κ1) is 22.3. The SMILES string of the molecule is Cc1c(Cl)cccc1NC(=O)Cn1c(=O)n(CC(=O)N2CCCCC2)c(=O)c2sccc21. The number of amides is 2. The zero-order valence-electron chi connectivity index (χ0n) is 17.6. The van der Waals surface area contributed by atoms with Crippen molar-refractivity contribution in [2.75, 3.05) is 18.4 Å². The Morgan fingerprint density at radius 2 is 1.81 bits per heavy atom. The van der Waals surface area contributed by atoms with Gasteiger partial charge in [0.1, 0.15) is 17.8 Å². The number of carbonyl (C=O) groups is 2. The lowest BCUT2D eigenvalue weighted by atomic mass is 10.1. The molecule has 2 aromatic heterocycles. The predicted molar refractivity (Wildman–Crippen MR) is 126 cm³/mol. The highest BCUT2D eigenvalue weighted by Gasteiger charge is 2.22. The molecule has 1 saturated heterocycles. The Morgan fingerprint density at radius 3 is 2.56 bits per heavy atom. The minimum atomic E-state index is -0.677. The number of nitrogens with zero attached hydrogens (tertiary/aromatic N) is 3. The van der Waals surface area contributed by atoms with Gasteiger partial charge in [-0.05, 0) is 55.3 Å². The van der Waals surface area contributed by atoms with Gasteiger partial charge in [-0.15, -0.1) is 11.3 Å². The lowest BCUT2D eigenvalue weighted by Crippen LogP contribution is -2.46. The van der Waals surface area contributed by atoms with Crippen LogP contribution < -0.4 is 16.6 Å². The fourth-order valence-corrected chi connectivity index (χ4v) is 4.90. The number of nitrogens with one attached hydrogen (secondary N) is 1. The van der Waals surface area contributed by atoms with Crippen molar-refractivity contribution in [2.24, 2.45) is 0 Å². The van der Waals surface area contributed by atoms with Crippen molar-refractivity contribution in [2.45, 2.75) is 39.3 Å². The molecule has 0 saturated carbocycles. The van der Waals surface area contributed by atoms with Gasteiger partial charge in [-0.25, -0.2) is 9.36 Å². The zero-order chi connectivity index (χ0) is 22.8. The van der Waals surface area contributed by atoms with Crippen LogP contribution in [0.4, 0.5) is 5.69 Å². The van der Waals surface area contributed by atoms with Crippen LogP contribution in [0.5, 0.6) is 0 Å². The average Bonchev–Trinajstić information content (AvgIpc) is 3.28. The maximum absolute atomic E-state index is 13.2. The lowest BCUT2D eigenvalue weighted by Gasteiger charge is -2.26. The number of halogens is 1. The zero-order valence-corrected chi connectivity index (χ0v) is 19.2. The smallest absolute Gasteiger partial charge is 0.332 e. The van der Waals surface area contributed by atoms with Crippen molar-refractivity contribution < 1.29 is 9.59 Å². The number of rotatable bonds is 5. The van der Waals surface area contributed by atoms with E-state index in [9.17, 15) is 19.2 Å². The van der Waals surface area contributed by atoms with E-state index in [0.717, 1.165) is 23.8 Å². The summed E-state index contributed by atoms with van der Waals surface area (Å²) in [6.45, 7) is 2.42. The first-order valence-electron chi connectivity index (χ1n) is 10.4. The van der Waals surface area contributed by atoms with Gasteiger partial charge >= 0.3 is 5.69 Å². The molecule has 1 aliphatic heterocycles. The number of fused-ring (bicyclic) bond motifs is 1. The summed E-state index contributed by atoms with van der Waals surface area (Å²) in [6.07, 6.45) is 2.90. The molecule has 1 fully saturated rings. The Morgan fingerprint density at radius 1 is 1.06 bits per heavy atom. The van der Waals surface area contributed by atoms with Crippen molar-refractivity contribution in [1.82, 2.24) is 14.0 Å². The van der Waals surface area contributed by atoms with E-state index in [-0.39, 0.29) is 19.0 Å². The molecule has 1 N–H and O–H groups in total. The summed E-state index contributed by atoms with van der Waals surface area (Å²) in [7, 11) is 0. The molecule has 0 unspecified atom stereocenters. The van der Waals surface area contributed by atoms with Crippen molar-refractivity contribution >= 4 is 50.7 Å². The van der Waals surface area contributed by atoms with Crippen molar-refractivity contribution in [1.29, 1.82) is 0 Å². The van der Waals surface area contributed by atoms with Crippen molar-refractivity contribution in [3.8, 4) is 0 Å². The number of likely N-dealkylation sites (tertiary alicyclic amines) is 1. The fraction of sp³-hybridized carbons (Fsp3) is 0.364. The van der Waals surface area contributed by atoms with Gasteiger partial charge in [0.05, 0.1) is 5.52 Å². The van der Waals surface area contributed by atoms with E-state index in [2.05, 4.69) is 5.32 Å². The normalized spacial score (nSPS) is 14.0. The Hall–Kier alpha value is -2.91. The maximum atomic E-state index is 13.2. The third kappa shape index (κ3) is 4.35. The Balaban J connectivity index is 1.65. The summed E-state index contributed by atoms with van der Waals surface area (Å²) >= 11 is 7.30. The minimum absolute atomic E-state index is 0.259. The highest BCUT2D eigenvalue weighted by atomic mass is 35.5. The quantitative estimate of drug-likeness (QED) is 0.615. The summed E-state index contributed by atoms with van der Waals surface area (Å²) in [5.74, 6) is -0.692. The van der Waals surface area contributed by atoms with Gasteiger partial charge in [-0.3, -0.25) is 19.0 Å². The molecular weight excluding hydrogens is 452 g/mol. The summed E-state index contributed by atoms with van der Waals surface area (Å²) in [5, 5.41) is 4.98. The van der Waals surface area contributed by atoms with E-state index in [1.165, 1.54) is 15.9 Å². The molecule has 0 radical (unpaired) electrons. The molecule has 32 heavy (non-hydrogen) atoms. The van der Waals surface area contributed by atoms with Gasteiger partial charge in [0.2, 0.25) is 11.8 Å². The topological polar surface area (TPSA) is 93.4 Å². The second-order valence-electron chi connectivity index (χ2n) is 7.80. The highest BCUT2D eigenvalue weighted by molar-refractivity contribution is 7.17.